The second-order valence-corrected chi connectivity index (χ2v) is 7.39. The van der Waals surface area contributed by atoms with Gasteiger partial charge in [-0.2, -0.15) is 0 Å². The summed E-state index contributed by atoms with van der Waals surface area (Å²) in [6.45, 7) is 4.46. The van der Waals surface area contributed by atoms with Gasteiger partial charge >= 0.3 is 6.09 Å². The number of amides is 1. The molecule has 1 saturated heterocycles. The van der Waals surface area contributed by atoms with Crippen LogP contribution in [0.15, 0.2) is 29.4 Å². The van der Waals surface area contributed by atoms with Gasteiger partial charge in [0.1, 0.15) is 12.4 Å². The average Bonchev–Trinajstić information content (AvgIpc) is 2.74. The Kier molecular flexibility index (Phi) is 7.25. The molecule has 1 aliphatic carbocycles. The molecule has 0 radical (unpaired) electrons. The van der Waals surface area contributed by atoms with Crippen molar-refractivity contribution in [1.82, 2.24) is 4.90 Å². The van der Waals surface area contributed by atoms with Crippen molar-refractivity contribution in [2.75, 3.05) is 31.7 Å². The lowest BCUT2D eigenvalue weighted by molar-refractivity contribution is 0.125. The first kappa shape index (κ1) is 20.6. The number of ether oxygens (including phenoxy) is 1. The van der Waals surface area contributed by atoms with Gasteiger partial charge in [-0.25, -0.2) is 9.18 Å². The molecule has 7 heteroatoms. The lowest BCUT2D eigenvalue weighted by Crippen LogP contribution is -2.50. The Bertz CT molecular complexity index is 662. The van der Waals surface area contributed by atoms with Crippen LogP contribution in [-0.2, 0) is 9.57 Å². The molecule has 1 heterocycles. The smallest absolute Gasteiger partial charge is 0.414 e. The summed E-state index contributed by atoms with van der Waals surface area (Å²) in [4.78, 5) is 21.8. The molecule has 154 valence electrons. The minimum atomic E-state index is -0.389. The van der Waals surface area contributed by atoms with E-state index in [4.69, 9.17) is 9.57 Å². The van der Waals surface area contributed by atoms with Crippen LogP contribution in [0.4, 0.5) is 14.9 Å². The van der Waals surface area contributed by atoms with Crippen LogP contribution in [0.2, 0.25) is 0 Å². The molecule has 28 heavy (non-hydrogen) atoms. The second kappa shape index (κ2) is 9.87. The predicted molar refractivity (Wildman–Crippen MR) is 107 cm³/mol. The van der Waals surface area contributed by atoms with Gasteiger partial charge in [-0.15, -0.1) is 0 Å². The lowest BCUT2D eigenvalue weighted by Gasteiger charge is -2.42. The maximum Gasteiger partial charge on any atom is 0.414 e. The molecule has 2 fully saturated rings. The van der Waals surface area contributed by atoms with Crippen LogP contribution < -0.4 is 4.90 Å². The number of nitrogens with zero attached hydrogens (tertiary/aromatic N) is 3. The number of piperidine rings is 1. The van der Waals surface area contributed by atoms with Gasteiger partial charge < -0.3 is 14.5 Å². The molecule has 1 aromatic carbocycles. The Morgan fingerprint density at radius 2 is 1.82 bits per heavy atom. The van der Waals surface area contributed by atoms with E-state index < -0.39 is 0 Å². The van der Waals surface area contributed by atoms with E-state index in [-0.39, 0.29) is 18.0 Å². The van der Waals surface area contributed by atoms with E-state index >= 15 is 0 Å². The maximum absolute atomic E-state index is 13.3. The fourth-order valence-corrected chi connectivity index (χ4v) is 4.22. The number of hydrogen-bond donors (Lipinski definition) is 0. The lowest BCUT2D eigenvalue weighted by atomic mass is 9.90. The van der Waals surface area contributed by atoms with Crippen molar-refractivity contribution in [2.45, 2.75) is 57.5 Å². The van der Waals surface area contributed by atoms with E-state index in [1.54, 1.807) is 17.0 Å². The van der Waals surface area contributed by atoms with Crippen molar-refractivity contribution in [3.63, 3.8) is 0 Å². The first-order chi connectivity index (χ1) is 13.6. The third kappa shape index (κ3) is 5.01. The minimum Gasteiger partial charge on any atom is -0.452 e. The maximum atomic E-state index is 13.3. The van der Waals surface area contributed by atoms with Gasteiger partial charge in [-0.1, -0.05) is 5.16 Å². The van der Waals surface area contributed by atoms with Gasteiger partial charge in [0.25, 0.3) is 0 Å². The molecule has 2 aliphatic rings. The zero-order valence-electron chi connectivity index (χ0n) is 16.8. The number of halogens is 1. The fraction of sp³-hybridized carbons (Fsp3) is 0.619. The zero-order chi connectivity index (χ0) is 19.9. The summed E-state index contributed by atoms with van der Waals surface area (Å²) >= 11 is 0. The summed E-state index contributed by atoms with van der Waals surface area (Å²) in [6.07, 6.45) is 5.57. The van der Waals surface area contributed by atoms with Gasteiger partial charge in [0.05, 0.1) is 12.8 Å². The molecule has 1 saturated carbocycles. The van der Waals surface area contributed by atoms with E-state index in [1.165, 1.54) is 25.0 Å². The number of carbonyl (C=O) groups is 1. The van der Waals surface area contributed by atoms with Crippen LogP contribution >= 0.6 is 0 Å². The van der Waals surface area contributed by atoms with E-state index in [2.05, 4.69) is 10.1 Å². The highest BCUT2D eigenvalue weighted by Crippen LogP contribution is 2.29. The van der Waals surface area contributed by atoms with Gasteiger partial charge in [-0.05, 0) is 69.7 Å². The van der Waals surface area contributed by atoms with Crippen LogP contribution in [0.1, 0.15) is 45.4 Å². The molecular weight excluding hydrogens is 361 g/mol. The van der Waals surface area contributed by atoms with Crippen LogP contribution in [0.5, 0.6) is 0 Å². The Hall–Kier alpha value is -2.15. The number of rotatable bonds is 5. The normalized spacial score (nSPS) is 21.2. The van der Waals surface area contributed by atoms with Gasteiger partial charge in [0.2, 0.25) is 0 Å². The minimum absolute atomic E-state index is 0.0628. The summed E-state index contributed by atoms with van der Waals surface area (Å²) in [7, 11) is 1.39. The third-order valence-corrected chi connectivity index (χ3v) is 5.71. The monoisotopic (exact) mass is 391 g/mol. The van der Waals surface area contributed by atoms with Crippen molar-refractivity contribution in [1.29, 1.82) is 0 Å². The first-order valence-electron chi connectivity index (χ1n) is 10.2. The summed E-state index contributed by atoms with van der Waals surface area (Å²) in [6, 6.07) is 6.66. The summed E-state index contributed by atoms with van der Waals surface area (Å²) in [5, 5.41) is 4.20. The van der Waals surface area contributed by atoms with Gasteiger partial charge in [0.15, 0.2) is 0 Å². The van der Waals surface area contributed by atoms with Crippen molar-refractivity contribution in [3.8, 4) is 0 Å². The van der Waals surface area contributed by atoms with Gasteiger partial charge in [0, 0.05) is 30.9 Å². The van der Waals surface area contributed by atoms with Crippen LogP contribution in [-0.4, -0.2) is 55.6 Å². The van der Waals surface area contributed by atoms with E-state index in [0.29, 0.717) is 18.3 Å². The molecule has 1 aliphatic heterocycles. The fourth-order valence-electron chi connectivity index (χ4n) is 4.22. The molecule has 1 aromatic rings. The number of methoxy groups -OCH3 is 1. The zero-order valence-corrected chi connectivity index (χ0v) is 16.8. The van der Waals surface area contributed by atoms with E-state index in [0.717, 1.165) is 51.6 Å². The molecule has 0 unspecified atom stereocenters. The number of anilines is 1. The predicted octanol–water partition coefficient (Wildman–Crippen LogP) is 4.20. The highest BCUT2D eigenvalue weighted by atomic mass is 19.1. The molecule has 0 spiro atoms. The van der Waals surface area contributed by atoms with Crippen molar-refractivity contribution >= 4 is 17.5 Å². The molecule has 0 bridgehead atoms. The third-order valence-electron chi connectivity index (χ3n) is 5.71. The Morgan fingerprint density at radius 3 is 2.39 bits per heavy atom. The number of carbonyl (C=O) groups excluding carboxylic acids is 1. The SMILES string of the molecule is CCON=C1CCC(N2CCC(N(C(=O)OC)c3ccc(F)cc3)CC2)CC1. The summed E-state index contributed by atoms with van der Waals surface area (Å²) in [5.74, 6) is -0.312. The van der Waals surface area contributed by atoms with Crippen LogP contribution in [0, 0.1) is 5.82 Å². The highest BCUT2D eigenvalue weighted by Gasteiger charge is 2.33. The number of oxime groups is 1. The van der Waals surface area contributed by atoms with Crippen molar-refractivity contribution < 1.29 is 18.8 Å². The Balaban J connectivity index is 1.57. The summed E-state index contributed by atoms with van der Waals surface area (Å²) in [5.41, 5.74) is 1.85. The number of benzene rings is 1. The van der Waals surface area contributed by atoms with Crippen LogP contribution in [0.25, 0.3) is 0 Å². The molecule has 0 N–H and O–H groups in total. The quantitative estimate of drug-likeness (QED) is 0.706. The van der Waals surface area contributed by atoms with E-state index in [9.17, 15) is 9.18 Å². The van der Waals surface area contributed by atoms with Gasteiger partial charge in [-0.3, -0.25) is 4.90 Å². The number of hydrogen-bond acceptors (Lipinski definition) is 5. The first-order valence-corrected chi connectivity index (χ1v) is 10.2. The summed E-state index contributed by atoms with van der Waals surface area (Å²) < 4.78 is 18.3. The molecule has 0 aromatic heterocycles. The topological polar surface area (TPSA) is 54.4 Å². The Labute approximate surface area is 166 Å². The highest BCUT2D eigenvalue weighted by molar-refractivity contribution is 5.88. The Morgan fingerprint density at radius 1 is 1.18 bits per heavy atom. The largest absolute Gasteiger partial charge is 0.452 e. The van der Waals surface area contributed by atoms with Crippen molar-refractivity contribution in [3.05, 3.63) is 30.1 Å². The van der Waals surface area contributed by atoms with Crippen molar-refractivity contribution in [2.24, 2.45) is 5.16 Å². The second-order valence-electron chi connectivity index (χ2n) is 7.39. The molecule has 1 amide bonds. The molecule has 0 atom stereocenters. The van der Waals surface area contributed by atoms with Crippen LogP contribution in [0.3, 0.4) is 0 Å². The molecule has 3 rings (SSSR count). The number of likely N-dealkylation sites (tertiary alicyclic amines) is 1. The molecule has 6 nitrogen and oxygen atoms in total. The average molecular weight is 391 g/mol. The van der Waals surface area contributed by atoms with E-state index in [1.807, 2.05) is 6.92 Å². The standard InChI is InChI=1S/C21H30FN3O3/c1-3-28-23-17-6-10-18(11-7-17)24-14-12-20(13-15-24)25(21(26)27-2)19-8-4-16(22)5-9-19/h4-5,8-9,18,20H,3,6-7,10-15H2,1-2H3. The molecular formula is C21H30FN3O3.